The van der Waals surface area contributed by atoms with Gasteiger partial charge in [0, 0.05) is 38.0 Å². The van der Waals surface area contributed by atoms with Crippen LogP contribution in [0.2, 0.25) is 0 Å². The topological polar surface area (TPSA) is 133 Å². The van der Waals surface area contributed by atoms with Gasteiger partial charge in [0.05, 0.1) is 22.1 Å². The number of amides is 3. The molecule has 0 radical (unpaired) electrons. The largest absolute Gasteiger partial charge is 0.478 e. The first kappa shape index (κ1) is 25.3. The van der Waals surface area contributed by atoms with Crippen molar-refractivity contribution < 1.29 is 33.2 Å². The molecule has 2 N–H and O–H groups in total. The van der Waals surface area contributed by atoms with Crippen molar-refractivity contribution in [2.24, 2.45) is 0 Å². The Labute approximate surface area is 198 Å². The minimum atomic E-state index is -1.31. The summed E-state index contributed by atoms with van der Waals surface area (Å²) in [7, 11) is 1.38. The molecule has 3 amide bonds. The Hall–Kier alpha value is -4.35. The molecule has 1 heterocycles. The van der Waals surface area contributed by atoms with Crippen LogP contribution in [0, 0.1) is 21.7 Å². The van der Waals surface area contributed by atoms with E-state index in [0.717, 1.165) is 17.0 Å². The van der Waals surface area contributed by atoms with Crippen LogP contribution in [0.5, 0.6) is 0 Å². The molecule has 1 unspecified atom stereocenters. The van der Waals surface area contributed by atoms with Crippen LogP contribution in [0.1, 0.15) is 35.3 Å². The van der Waals surface area contributed by atoms with Gasteiger partial charge >= 0.3 is 12.0 Å². The highest BCUT2D eigenvalue weighted by Gasteiger charge is 2.38. The number of benzene rings is 2. The summed E-state index contributed by atoms with van der Waals surface area (Å²) in [5.74, 6) is -4.49. The van der Waals surface area contributed by atoms with E-state index >= 15 is 0 Å². The lowest BCUT2D eigenvalue weighted by atomic mass is 9.93. The molecule has 2 aromatic carbocycles. The summed E-state index contributed by atoms with van der Waals surface area (Å²) in [6, 6.07) is 6.86. The Kier molecular flexibility index (Phi) is 7.43. The van der Waals surface area contributed by atoms with Crippen LogP contribution >= 0.6 is 0 Å². The second kappa shape index (κ2) is 10.3. The Morgan fingerprint density at radius 3 is 2.57 bits per heavy atom. The summed E-state index contributed by atoms with van der Waals surface area (Å²) in [5.41, 5.74) is -0.528. The number of halogens is 2. The number of nitrogens with one attached hydrogen (secondary N) is 1. The van der Waals surface area contributed by atoms with Crippen molar-refractivity contribution in [2.75, 3.05) is 20.1 Å². The summed E-state index contributed by atoms with van der Waals surface area (Å²) >= 11 is 0. The van der Waals surface area contributed by atoms with Crippen LogP contribution in [0.4, 0.5) is 19.3 Å². The molecular weight excluding hydrogens is 466 g/mol. The molecule has 10 nitrogen and oxygen atoms in total. The van der Waals surface area contributed by atoms with E-state index in [1.54, 1.807) is 0 Å². The third-order valence-corrected chi connectivity index (χ3v) is 5.59. The van der Waals surface area contributed by atoms with Crippen LogP contribution in [-0.2, 0) is 4.79 Å². The number of nitro groups is 1. The van der Waals surface area contributed by atoms with Gasteiger partial charge in [-0.25, -0.2) is 18.4 Å². The molecule has 12 heteroatoms. The zero-order valence-electron chi connectivity index (χ0n) is 18.8. The smallest absolute Gasteiger partial charge is 0.335 e. The van der Waals surface area contributed by atoms with Crippen molar-refractivity contribution in [1.29, 1.82) is 0 Å². The van der Waals surface area contributed by atoms with E-state index in [-0.39, 0.29) is 42.0 Å². The minimum Gasteiger partial charge on any atom is -0.478 e. The van der Waals surface area contributed by atoms with E-state index in [9.17, 15) is 38.4 Å². The molecule has 3 rings (SSSR count). The zero-order valence-corrected chi connectivity index (χ0v) is 18.8. The van der Waals surface area contributed by atoms with Gasteiger partial charge in [-0.1, -0.05) is 18.2 Å². The van der Waals surface area contributed by atoms with E-state index in [4.69, 9.17) is 0 Å². The highest BCUT2D eigenvalue weighted by Crippen LogP contribution is 2.35. The summed E-state index contributed by atoms with van der Waals surface area (Å²) in [5, 5.41) is 23.5. The number of carbonyl (C=O) groups is 3. The van der Waals surface area contributed by atoms with Crippen molar-refractivity contribution in [1.82, 2.24) is 15.1 Å². The predicted molar refractivity (Wildman–Crippen MR) is 119 cm³/mol. The Balaban J connectivity index is 1.83. The number of allylic oxidation sites excluding steroid dienone is 1. The number of hydrogen-bond acceptors (Lipinski definition) is 5. The second-order valence-corrected chi connectivity index (χ2v) is 7.90. The van der Waals surface area contributed by atoms with Gasteiger partial charge in [-0.15, -0.1) is 0 Å². The minimum absolute atomic E-state index is 0.0331. The van der Waals surface area contributed by atoms with Gasteiger partial charge in [0.2, 0.25) is 0 Å². The van der Waals surface area contributed by atoms with Crippen molar-refractivity contribution in [3.63, 3.8) is 0 Å². The molecule has 35 heavy (non-hydrogen) atoms. The predicted octanol–water partition coefficient (Wildman–Crippen LogP) is 3.46. The van der Waals surface area contributed by atoms with Crippen molar-refractivity contribution in [3.05, 3.63) is 86.6 Å². The van der Waals surface area contributed by atoms with Crippen molar-refractivity contribution in [3.8, 4) is 0 Å². The first-order valence-electron chi connectivity index (χ1n) is 10.5. The fraction of sp³-hybridized carbons (Fsp3) is 0.261. The molecule has 2 aromatic rings. The van der Waals surface area contributed by atoms with Gasteiger partial charge in [-0.3, -0.25) is 14.9 Å². The third kappa shape index (κ3) is 5.26. The fourth-order valence-corrected chi connectivity index (χ4v) is 3.90. The molecule has 1 atom stereocenters. The summed E-state index contributed by atoms with van der Waals surface area (Å²) in [6.07, 6.45) is 0.157. The molecule has 0 bridgehead atoms. The quantitative estimate of drug-likeness (QED) is 0.432. The molecule has 0 aliphatic carbocycles. The molecule has 0 saturated carbocycles. The SMILES string of the molecule is CC1=C(C(=O)O)C(c2cccc([N+](=O)[O-])c2)N(CCCN(C)C(=O)c2cccc(F)c2F)C(=O)N1. The van der Waals surface area contributed by atoms with Gasteiger partial charge in [-0.2, -0.15) is 0 Å². The Bertz CT molecular complexity index is 1230. The number of nitrogens with zero attached hydrogens (tertiary/aromatic N) is 3. The Morgan fingerprint density at radius 1 is 1.23 bits per heavy atom. The van der Waals surface area contributed by atoms with Crippen molar-refractivity contribution in [2.45, 2.75) is 19.4 Å². The second-order valence-electron chi connectivity index (χ2n) is 7.90. The number of carboxylic acid groups (broad SMARTS) is 1. The molecule has 184 valence electrons. The monoisotopic (exact) mass is 488 g/mol. The fourth-order valence-electron chi connectivity index (χ4n) is 3.90. The summed E-state index contributed by atoms with van der Waals surface area (Å²) in [6.45, 7) is 1.42. The van der Waals surface area contributed by atoms with Crippen LogP contribution in [0.15, 0.2) is 53.7 Å². The number of hydrogen-bond donors (Lipinski definition) is 2. The third-order valence-electron chi connectivity index (χ3n) is 5.59. The first-order chi connectivity index (χ1) is 16.5. The van der Waals surface area contributed by atoms with Crippen LogP contribution < -0.4 is 5.32 Å². The van der Waals surface area contributed by atoms with Gasteiger partial charge in [0.1, 0.15) is 0 Å². The van der Waals surface area contributed by atoms with Gasteiger partial charge in [0.25, 0.3) is 11.6 Å². The standard InChI is InChI=1S/C23H22F2N4O6/c1-13-18(22(31)32)20(14-6-3-7-15(12-14)29(34)35)28(23(33)26-13)11-5-10-27(2)21(30)16-8-4-9-17(24)19(16)25/h3-4,6-9,12,20H,5,10-11H2,1-2H3,(H,26,33)(H,31,32). The lowest BCUT2D eigenvalue weighted by molar-refractivity contribution is -0.384. The zero-order chi connectivity index (χ0) is 25.9. The molecule has 0 saturated heterocycles. The lowest BCUT2D eigenvalue weighted by Gasteiger charge is -2.37. The first-order valence-corrected chi connectivity index (χ1v) is 10.5. The number of aliphatic carboxylic acids is 1. The maximum atomic E-state index is 14.0. The summed E-state index contributed by atoms with van der Waals surface area (Å²) in [4.78, 5) is 50.3. The van der Waals surface area contributed by atoms with Gasteiger partial charge in [-0.05, 0) is 31.0 Å². The van der Waals surface area contributed by atoms with Crippen LogP contribution in [0.25, 0.3) is 0 Å². The molecule has 1 aliphatic heterocycles. The number of rotatable bonds is 8. The number of urea groups is 1. The normalized spacial score (nSPS) is 15.6. The van der Waals surface area contributed by atoms with Gasteiger partial charge < -0.3 is 20.2 Å². The molecule has 0 aromatic heterocycles. The number of nitro benzene ring substituents is 1. The number of carbonyl (C=O) groups excluding carboxylic acids is 2. The molecule has 1 aliphatic rings. The van der Waals surface area contributed by atoms with E-state index in [2.05, 4.69) is 5.32 Å². The van der Waals surface area contributed by atoms with Crippen LogP contribution in [0.3, 0.4) is 0 Å². The highest BCUT2D eigenvalue weighted by atomic mass is 19.2. The molecule has 0 fully saturated rings. The van der Waals surface area contributed by atoms with Gasteiger partial charge in [0.15, 0.2) is 11.6 Å². The maximum absolute atomic E-state index is 14.0. The Morgan fingerprint density at radius 2 is 1.91 bits per heavy atom. The summed E-state index contributed by atoms with van der Waals surface area (Å²) < 4.78 is 27.4. The maximum Gasteiger partial charge on any atom is 0.335 e. The van der Waals surface area contributed by atoms with E-state index in [0.29, 0.717) is 0 Å². The average molecular weight is 488 g/mol. The number of carboxylic acids is 1. The van der Waals surface area contributed by atoms with Crippen LogP contribution in [-0.4, -0.2) is 57.9 Å². The molecular formula is C23H22F2N4O6. The van der Waals surface area contributed by atoms with Crippen molar-refractivity contribution >= 4 is 23.6 Å². The van der Waals surface area contributed by atoms with E-state index in [1.807, 2.05) is 0 Å². The molecule has 0 spiro atoms. The van der Waals surface area contributed by atoms with E-state index < -0.39 is 46.1 Å². The van der Waals surface area contributed by atoms with E-state index in [1.165, 1.54) is 49.2 Å². The average Bonchev–Trinajstić information content (AvgIpc) is 2.81. The lowest BCUT2D eigenvalue weighted by Crippen LogP contribution is -2.49. The number of non-ortho nitro benzene ring substituents is 1. The highest BCUT2D eigenvalue weighted by molar-refractivity contribution is 5.94.